The number of benzene rings is 2. The molecule has 0 amide bonds. The summed E-state index contributed by atoms with van der Waals surface area (Å²) in [5.41, 5.74) is 5.60. The van der Waals surface area contributed by atoms with Crippen LogP contribution in [0.15, 0.2) is 60.8 Å². The van der Waals surface area contributed by atoms with Crippen molar-refractivity contribution in [3.8, 4) is 0 Å². The molecule has 0 radical (unpaired) electrons. The average molecular weight is 621 g/mol. The number of imidazole rings is 1. The van der Waals surface area contributed by atoms with Gasteiger partial charge in [0.25, 0.3) is 0 Å². The summed E-state index contributed by atoms with van der Waals surface area (Å²) in [5, 5.41) is 10.5. The fourth-order valence-electron chi connectivity index (χ4n) is 8.18. The van der Waals surface area contributed by atoms with E-state index < -0.39 is 0 Å². The van der Waals surface area contributed by atoms with Crippen LogP contribution < -0.4 is 20.9 Å². The van der Waals surface area contributed by atoms with Gasteiger partial charge in [0, 0.05) is 68.9 Å². The predicted octanol–water partition coefficient (Wildman–Crippen LogP) is 5.63. The number of rotatable bonds is 9. The van der Waals surface area contributed by atoms with Gasteiger partial charge in [-0.25, -0.2) is 9.97 Å². The number of aromatic nitrogens is 4. The summed E-state index contributed by atoms with van der Waals surface area (Å²) in [7, 11) is 0. The van der Waals surface area contributed by atoms with Crippen LogP contribution in [0.1, 0.15) is 51.0 Å². The zero-order chi connectivity index (χ0) is 30.8. The van der Waals surface area contributed by atoms with Crippen molar-refractivity contribution in [3.63, 3.8) is 0 Å². The minimum absolute atomic E-state index is 0.394. The van der Waals surface area contributed by atoms with Gasteiger partial charge in [0.15, 0.2) is 5.65 Å². The first kappa shape index (κ1) is 29.7. The van der Waals surface area contributed by atoms with E-state index in [1.165, 1.54) is 77.1 Å². The fraction of sp³-hybridized carbons (Fsp3) is 0.528. The summed E-state index contributed by atoms with van der Waals surface area (Å²) in [4.78, 5) is 22.4. The van der Waals surface area contributed by atoms with Crippen molar-refractivity contribution in [1.29, 1.82) is 0 Å². The van der Waals surface area contributed by atoms with E-state index in [0.717, 1.165) is 67.5 Å². The average Bonchev–Trinajstić information content (AvgIpc) is 3.85. The van der Waals surface area contributed by atoms with Crippen LogP contribution >= 0.6 is 0 Å². The molecule has 3 N–H and O–H groups in total. The smallest absolute Gasteiger partial charge is 0.229 e. The second-order valence-electron chi connectivity index (χ2n) is 13.9. The van der Waals surface area contributed by atoms with Crippen LogP contribution in [0.3, 0.4) is 0 Å². The molecule has 2 aromatic heterocycles. The maximum Gasteiger partial charge on any atom is 0.229 e. The summed E-state index contributed by atoms with van der Waals surface area (Å²) in [5.74, 6) is 1.44. The van der Waals surface area contributed by atoms with E-state index in [1.807, 2.05) is 24.4 Å². The molecular weight excluding hydrogens is 572 g/mol. The second-order valence-corrected chi connectivity index (χ2v) is 13.9. The van der Waals surface area contributed by atoms with Crippen molar-refractivity contribution in [2.75, 3.05) is 81.0 Å². The van der Waals surface area contributed by atoms with E-state index in [-0.39, 0.29) is 0 Å². The molecule has 4 aromatic rings. The maximum absolute atomic E-state index is 4.98. The third kappa shape index (κ3) is 6.43. The number of hydrogen-bond donors (Lipinski definition) is 3. The molecule has 4 aliphatic rings. The number of anilines is 5. The van der Waals surface area contributed by atoms with Crippen molar-refractivity contribution >= 4 is 40.1 Å². The number of likely N-dealkylation sites (tertiary alicyclic amines) is 1. The monoisotopic (exact) mass is 620 g/mol. The summed E-state index contributed by atoms with van der Waals surface area (Å²) in [6.07, 6.45) is 10.7. The Labute approximate surface area is 272 Å². The molecule has 0 atom stereocenters. The molecule has 46 heavy (non-hydrogen) atoms. The van der Waals surface area contributed by atoms with Crippen molar-refractivity contribution in [3.05, 3.63) is 60.8 Å². The molecule has 0 bridgehead atoms. The number of nitrogens with one attached hydrogen (secondary N) is 3. The Hall–Kier alpha value is -3.73. The number of piperidine rings is 1. The Kier molecular flexibility index (Phi) is 8.49. The Morgan fingerprint density at radius 2 is 1.50 bits per heavy atom. The predicted molar refractivity (Wildman–Crippen MR) is 187 cm³/mol. The van der Waals surface area contributed by atoms with Gasteiger partial charge in [0.1, 0.15) is 5.52 Å². The van der Waals surface area contributed by atoms with Crippen LogP contribution in [-0.4, -0.2) is 94.8 Å². The van der Waals surface area contributed by atoms with Gasteiger partial charge < -0.3 is 25.8 Å². The third-order valence-corrected chi connectivity index (χ3v) is 10.9. The van der Waals surface area contributed by atoms with Crippen LogP contribution in [-0.2, 0) is 0 Å². The standard InChI is InChI=1S/C36H48N10/c1-2-6-28(7-3-1)40-35-41-32-26-38-34(42-33(32)46(35)31-8-4-5-9-31)39-29-10-12-30(13-11-29)45-24-22-43(23-25-45)20-21-44-19-16-36(27-44)14-17-37-18-15-36/h1-3,6-7,10-13,26,31,37H,4-5,8-9,14-25,27H2,(H,40,41)(H,38,39,42). The lowest BCUT2D eigenvalue weighted by Gasteiger charge is -2.37. The van der Waals surface area contributed by atoms with Gasteiger partial charge in [0.05, 0.1) is 6.20 Å². The van der Waals surface area contributed by atoms with Gasteiger partial charge in [-0.15, -0.1) is 0 Å². The number of para-hydroxylation sites is 1. The van der Waals surface area contributed by atoms with E-state index in [2.05, 4.69) is 76.6 Å². The van der Waals surface area contributed by atoms with E-state index in [4.69, 9.17) is 9.97 Å². The summed E-state index contributed by atoms with van der Waals surface area (Å²) in [6, 6.07) is 19.4. The molecule has 3 saturated heterocycles. The second kappa shape index (κ2) is 13.2. The highest BCUT2D eigenvalue weighted by Gasteiger charge is 2.38. The van der Waals surface area contributed by atoms with Crippen LogP contribution in [0.25, 0.3) is 11.2 Å². The lowest BCUT2D eigenvalue weighted by Crippen LogP contribution is -2.48. The van der Waals surface area contributed by atoms with E-state index in [0.29, 0.717) is 17.4 Å². The Balaban J connectivity index is 0.876. The Morgan fingerprint density at radius 3 is 2.28 bits per heavy atom. The molecule has 10 heteroatoms. The SMILES string of the molecule is c1ccc(Nc2nc3cnc(Nc4ccc(N5CCN(CCN6CCC7(CCNCC7)C6)CC5)cc4)nc3n2C2CCCC2)cc1. The van der Waals surface area contributed by atoms with E-state index >= 15 is 0 Å². The summed E-state index contributed by atoms with van der Waals surface area (Å²) >= 11 is 0. The van der Waals surface area contributed by atoms with Gasteiger partial charge in [-0.3, -0.25) is 9.47 Å². The molecular formula is C36H48N10. The largest absolute Gasteiger partial charge is 0.369 e. The van der Waals surface area contributed by atoms with E-state index in [1.54, 1.807) is 0 Å². The molecule has 3 aliphatic heterocycles. The first-order chi connectivity index (χ1) is 22.7. The van der Waals surface area contributed by atoms with Gasteiger partial charge in [-0.1, -0.05) is 31.0 Å². The molecule has 10 nitrogen and oxygen atoms in total. The minimum atomic E-state index is 0.394. The Bertz CT molecular complexity index is 1580. The van der Waals surface area contributed by atoms with Crippen molar-refractivity contribution in [1.82, 2.24) is 34.6 Å². The van der Waals surface area contributed by atoms with Crippen LogP contribution in [0.5, 0.6) is 0 Å². The highest BCUT2D eigenvalue weighted by molar-refractivity contribution is 5.77. The summed E-state index contributed by atoms with van der Waals surface area (Å²) in [6.45, 7) is 11.8. The number of fused-ring (bicyclic) bond motifs is 1. The quantitative estimate of drug-likeness (QED) is 0.220. The van der Waals surface area contributed by atoms with Gasteiger partial charge in [-0.2, -0.15) is 4.98 Å². The molecule has 8 rings (SSSR count). The van der Waals surface area contributed by atoms with Crippen molar-refractivity contribution in [2.45, 2.75) is 51.0 Å². The lowest BCUT2D eigenvalue weighted by molar-refractivity contribution is 0.176. The molecule has 0 unspecified atom stereocenters. The third-order valence-electron chi connectivity index (χ3n) is 10.9. The number of hydrogen-bond acceptors (Lipinski definition) is 9. The first-order valence-corrected chi connectivity index (χ1v) is 17.5. The van der Waals surface area contributed by atoms with Crippen LogP contribution in [0, 0.1) is 5.41 Å². The number of piperazine rings is 1. The maximum atomic E-state index is 4.98. The van der Waals surface area contributed by atoms with Gasteiger partial charge in [0.2, 0.25) is 11.9 Å². The molecule has 4 fully saturated rings. The molecule has 5 heterocycles. The molecule has 242 valence electrons. The molecule has 2 aromatic carbocycles. The lowest BCUT2D eigenvalue weighted by atomic mass is 9.78. The highest BCUT2D eigenvalue weighted by Crippen LogP contribution is 2.39. The zero-order valence-corrected chi connectivity index (χ0v) is 27.0. The number of nitrogens with zero attached hydrogens (tertiary/aromatic N) is 7. The van der Waals surface area contributed by atoms with Crippen molar-refractivity contribution < 1.29 is 0 Å². The zero-order valence-electron chi connectivity index (χ0n) is 27.0. The first-order valence-electron chi connectivity index (χ1n) is 17.5. The topological polar surface area (TPSA) is 89.4 Å². The molecule has 1 aliphatic carbocycles. The van der Waals surface area contributed by atoms with Crippen LogP contribution in [0.4, 0.5) is 29.0 Å². The highest BCUT2D eigenvalue weighted by atomic mass is 15.3. The van der Waals surface area contributed by atoms with Gasteiger partial charge >= 0.3 is 0 Å². The minimum Gasteiger partial charge on any atom is -0.369 e. The Morgan fingerprint density at radius 1 is 0.761 bits per heavy atom. The normalized spacial score (nSPS) is 21.0. The van der Waals surface area contributed by atoms with Crippen molar-refractivity contribution in [2.24, 2.45) is 5.41 Å². The molecule has 1 spiro atoms. The summed E-state index contributed by atoms with van der Waals surface area (Å²) < 4.78 is 2.29. The van der Waals surface area contributed by atoms with Crippen LogP contribution in [0.2, 0.25) is 0 Å². The van der Waals surface area contributed by atoms with E-state index in [9.17, 15) is 0 Å². The molecule has 1 saturated carbocycles. The van der Waals surface area contributed by atoms with Gasteiger partial charge in [-0.05, 0) is 93.6 Å². The fourth-order valence-corrected chi connectivity index (χ4v) is 8.18.